The molecule has 0 heterocycles. The first kappa shape index (κ1) is 23.9. The molecule has 0 aliphatic heterocycles. The first-order chi connectivity index (χ1) is 15.4. The lowest BCUT2D eigenvalue weighted by Gasteiger charge is -2.62. The summed E-state index contributed by atoms with van der Waals surface area (Å²) in [5.74, 6) is 2.57. The molecule has 3 nitrogen and oxygen atoms in total. The van der Waals surface area contributed by atoms with E-state index in [0.717, 1.165) is 31.1 Å². The van der Waals surface area contributed by atoms with Crippen molar-refractivity contribution in [2.45, 2.75) is 119 Å². The zero-order chi connectivity index (χ0) is 24.0. The van der Waals surface area contributed by atoms with Crippen molar-refractivity contribution in [2.24, 2.45) is 56.7 Å². The third-order valence-corrected chi connectivity index (χ3v) is 13.3. The summed E-state index contributed by atoms with van der Waals surface area (Å²) >= 11 is 0. The van der Waals surface area contributed by atoms with Gasteiger partial charge in [0.2, 0.25) is 0 Å². The molecule has 5 rings (SSSR count). The van der Waals surface area contributed by atoms with E-state index < -0.39 is 5.97 Å². The molecule has 0 radical (unpaired) electrons. The highest BCUT2D eigenvalue weighted by Crippen LogP contribution is 2.88. The number of carboxylic acids is 1. The largest absolute Gasteiger partial charge is 0.481 e. The fraction of sp³-hybridized carbons (Fsp3) is 0.933. The zero-order valence-corrected chi connectivity index (χ0v) is 22.1. The summed E-state index contributed by atoms with van der Waals surface area (Å²) in [6, 6.07) is 0. The number of Topliss-reactive ketones (excluding diaryl/α,β-unsaturated/α-hetero) is 1. The fourth-order valence-corrected chi connectivity index (χ4v) is 11.2. The van der Waals surface area contributed by atoms with Crippen LogP contribution >= 0.6 is 0 Å². The molecule has 0 bridgehead atoms. The van der Waals surface area contributed by atoms with Crippen LogP contribution in [0.4, 0.5) is 0 Å². The number of hydrogen-bond donors (Lipinski definition) is 1. The van der Waals surface area contributed by atoms with Crippen LogP contribution in [0.1, 0.15) is 119 Å². The first-order valence-corrected chi connectivity index (χ1v) is 14.1. The molecule has 5 aliphatic carbocycles. The number of fused-ring (bicyclic) bond motifs is 2. The van der Waals surface area contributed by atoms with Gasteiger partial charge in [-0.2, -0.15) is 0 Å². The van der Waals surface area contributed by atoms with E-state index in [0.29, 0.717) is 39.3 Å². The van der Waals surface area contributed by atoms with Gasteiger partial charge in [0.25, 0.3) is 0 Å². The first-order valence-electron chi connectivity index (χ1n) is 14.1. The number of rotatable bonds is 6. The van der Waals surface area contributed by atoms with Crippen LogP contribution in [0.5, 0.6) is 0 Å². The molecule has 5 saturated carbocycles. The second-order valence-electron chi connectivity index (χ2n) is 14.4. The smallest absolute Gasteiger partial charge is 0.306 e. The van der Waals surface area contributed by atoms with Gasteiger partial charge in [-0.25, -0.2) is 0 Å². The van der Waals surface area contributed by atoms with Gasteiger partial charge in [0.05, 0.1) is 5.92 Å². The molecule has 0 amide bonds. The van der Waals surface area contributed by atoms with Gasteiger partial charge in [0.15, 0.2) is 0 Å². The standard InChI is InChI=1S/C30H48O3/c1-19(8-7-9-20(2)25(32)33)21-12-14-28(6)23-11-10-22-26(3,4)24(31)13-15-29(22)18-30(23,29)17-16-27(21,28)5/h19-23H,7-18H2,1-6H3,(H,32,33)/t19-,20-,21-,22+,23+,27-,28+,29-,30+/m1/s1. The van der Waals surface area contributed by atoms with Gasteiger partial charge >= 0.3 is 5.97 Å². The van der Waals surface area contributed by atoms with Crippen molar-refractivity contribution < 1.29 is 14.7 Å². The van der Waals surface area contributed by atoms with Gasteiger partial charge in [-0.15, -0.1) is 0 Å². The van der Waals surface area contributed by atoms with Crippen molar-refractivity contribution in [3.63, 3.8) is 0 Å². The molecule has 2 spiro atoms. The minimum atomic E-state index is -0.651. The van der Waals surface area contributed by atoms with Crippen molar-refractivity contribution in [1.82, 2.24) is 0 Å². The molecule has 3 heteroatoms. The van der Waals surface area contributed by atoms with Crippen molar-refractivity contribution in [1.29, 1.82) is 0 Å². The van der Waals surface area contributed by atoms with Crippen LogP contribution in [0.15, 0.2) is 0 Å². The van der Waals surface area contributed by atoms with E-state index >= 15 is 0 Å². The Morgan fingerprint density at radius 1 is 0.909 bits per heavy atom. The van der Waals surface area contributed by atoms with Crippen LogP contribution in [0.3, 0.4) is 0 Å². The highest BCUT2D eigenvalue weighted by molar-refractivity contribution is 5.86. The summed E-state index contributed by atoms with van der Waals surface area (Å²) in [5, 5.41) is 9.24. The lowest BCUT2D eigenvalue weighted by Crippen LogP contribution is -2.57. The Morgan fingerprint density at radius 2 is 1.58 bits per heavy atom. The maximum atomic E-state index is 12.8. The van der Waals surface area contributed by atoms with E-state index in [9.17, 15) is 14.7 Å². The number of carbonyl (C=O) groups excluding carboxylic acids is 1. The second kappa shape index (κ2) is 7.33. The van der Waals surface area contributed by atoms with E-state index in [1.165, 1.54) is 57.8 Å². The number of aliphatic carboxylic acids is 1. The average Bonchev–Trinajstić information content (AvgIpc) is 3.33. The van der Waals surface area contributed by atoms with Crippen molar-refractivity contribution >= 4 is 11.8 Å². The number of carbonyl (C=O) groups is 2. The predicted octanol–water partition coefficient (Wildman–Crippen LogP) is 7.52. The molecule has 33 heavy (non-hydrogen) atoms. The number of hydrogen-bond acceptors (Lipinski definition) is 2. The maximum absolute atomic E-state index is 12.8. The quantitative estimate of drug-likeness (QED) is 0.449. The lowest BCUT2D eigenvalue weighted by molar-refractivity contribution is -0.157. The average molecular weight is 457 g/mol. The predicted molar refractivity (Wildman–Crippen MR) is 132 cm³/mol. The summed E-state index contributed by atoms with van der Waals surface area (Å²) < 4.78 is 0. The zero-order valence-electron chi connectivity index (χ0n) is 22.1. The van der Waals surface area contributed by atoms with Gasteiger partial charge in [-0.05, 0) is 103 Å². The molecule has 9 atom stereocenters. The summed E-state index contributed by atoms with van der Waals surface area (Å²) in [7, 11) is 0. The van der Waals surface area contributed by atoms with Crippen LogP contribution in [0.25, 0.3) is 0 Å². The van der Waals surface area contributed by atoms with Crippen molar-refractivity contribution in [3.05, 3.63) is 0 Å². The summed E-state index contributed by atoms with van der Waals surface area (Å²) in [6.45, 7) is 14.2. The third-order valence-electron chi connectivity index (χ3n) is 13.3. The van der Waals surface area contributed by atoms with Crippen LogP contribution in [-0.4, -0.2) is 16.9 Å². The van der Waals surface area contributed by atoms with Crippen LogP contribution < -0.4 is 0 Å². The van der Waals surface area contributed by atoms with Crippen LogP contribution in [-0.2, 0) is 9.59 Å². The van der Waals surface area contributed by atoms with Gasteiger partial charge < -0.3 is 5.11 Å². The van der Waals surface area contributed by atoms with E-state index in [1.807, 2.05) is 6.92 Å². The highest BCUT2D eigenvalue weighted by atomic mass is 16.4. The molecule has 5 aliphatic rings. The minimum Gasteiger partial charge on any atom is -0.481 e. The monoisotopic (exact) mass is 456 g/mol. The molecular formula is C30H48O3. The Morgan fingerprint density at radius 3 is 2.27 bits per heavy atom. The Balaban J connectivity index is 1.35. The summed E-state index contributed by atoms with van der Waals surface area (Å²) in [6.07, 6.45) is 14.5. The molecule has 0 aromatic carbocycles. The molecule has 0 unspecified atom stereocenters. The Hall–Kier alpha value is -0.860. The van der Waals surface area contributed by atoms with Crippen molar-refractivity contribution in [2.75, 3.05) is 0 Å². The molecule has 1 N–H and O–H groups in total. The Labute approximate surface area is 201 Å². The SMILES string of the molecule is C[C@H](CCC[C@@H](C)[C@H]1CC[C@@]2(C)[C@@H]3CC[C@H]4C(C)(C)C(=O)CC[C@@]45C[C@@]35CC[C@]12C)C(=O)O. The molecular weight excluding hydrogens is 408 g/mol. The summed E-state index contributed by atoms with van der Waals surface area (Å²) in [4.78, 5) is 24.1. The summed E-state index contributed by atoms with van der Waals surface area (Å²) in [5.41, 5.74) is 1.72. The normalized spacial score (nSPS) is 49.3. The van der Waals surface area contributed by atoms with E-state index in [-0.39, 0.29) is 11.3 Å². The molecule has 186 valence electrons. The van der Waals surface area contributed by atoms with Crippen molar-refractivity contribution in [3.8, 4) is 0 Å². The van der Waals surface area contributed by atoms with E-state index in [4.69, 9.17) is 0 Å². The third kappa shape index (κ3) is 2.92. The van der Waals surface area contributed by atoms with E-state index in [2.05, 4.69) is 34.6 Å². The van der Waals surface area contributed by atoms with Gasteiger partial charge in [0, 0.05) is 11.8 Å². The number of ketones is 1. The Bertz CT molecular complexity index is 845. The molecule has 0 saturated heterocycles. The maximum Gasteiger partial charge on any atom is 0.306 e. The Kier molecular flexibility index (Phi) is 5.30. The van der Waals surface area contributed by atoms with Crippen LogP contribution in [0.2, 0.25) is 0 Å². The molecule has 0 aromatic rings. The second-order valence-corrected chi connectivity index (χ2v) is 14.4. The van der Waals surface area contributed by atoms with Gasteiger partial charge in [0.1, 0.15) is 5.78 Å². The van der Waals surface area contributed by atoms with Crippen LogP contribution in [0, 0.1) is 56.7 Å². The van der Waals surface area contributed by atoms with Gasteiger partial charge in [-0.1, -0.05) is 54.4 Å². The minimum absolute atomic E-state index is 0.117. The molecule has 0 aromatic heterocycles. The highest BCUT2D eigenvalue weighted by Gasteiger charge is 2.82. The number of carboxylic acid groups (broad SMARTS) is 1. The van der Waals surface area contributed by atoms with Gasteiger partial charge in [-0.3, -0.25) is 9.59 Å². The lowest BCUT2D eigenvalue weighted by atomic mass is 9.42. The molecule has 5 fully saturated rings. The topological polar surface area (TPSA) is 54.4 Å². The van der Waals surface area contributed by atoms with E-state index in [1.54, 1.807) is 0 Å². The fourth-order valence-electron chi connectivity index (χ4n) is 11.2.